The molecule has 2 heterocycles. The lowest BCUT2D eigenvalue weighted by Crippen LogP contribution is -2.40. The Bertz CT molecular complexity index is 665. The molecule has 2 aromatic rings. The van der Waals surface area contributed by atoms with Crippen molar-refractivity contribution in [1.82, 2.24) is 19.1 Å². The number of rotatable bonds is 6. The molecule has 0 aliphatic rings. The molecule has 0 saturated carbocycles. The van der Waals surface area contributed by atoms with Gasteiger partial charge in [0.1, 0.15) is 5.52 Å². The second-order valence-corrected chi connectivity index (χ2v) is 4.70. The number of nitrogens with one attached hydrogen (secondary N) is 1. The number of aryl methyl sites for hydroxylation is 1. The van der Waals surface area contributed by atoms with Crippen LogP contribution in [-0.2, 0) is 13.1 Å². The molecule has 0 spiro atoms. The zero-order chi connectivity index (χ0) is 13.8. The number of hydrogen-bond donors (Lipinski definition) is 1. The number of unbranched alkanes of at least 4 members (excludes halogenated alkanes) is 2. The van der Waals surface area contributed by atoms with Crippen molar-refractivity contribution in [2.75, 3.05) is 0 Å². The number of aromatic nitrogens is 4. The minimum Gasteiger partial charge on any atom is -0.339 e. The maximum atomic E-state index is 12.4. The zero-order valence-corrected chi connectivity index (χ0v) is 11.5. The molecule has 0 saturated heterocycles. The average molecular weight is 264 g/mol. The van der Waals surface area contributed by atoms with Gasteiger partial charge in [0.15, 0.2) is 5.65 Å². The molecule has 1 N–H and O–H groups in total. The summed E-state index contributed by atoms with van der Waals surface area (Å²) in [6.45, 7) is 5.17. The third kappa shape index (κ3) is 2.47. The first-order chi connectivity index (χ1) is 9.20. The summed E-state index contributed by atoms with van der Waals surface area (Å²) in [4.78, 5) is 31.6. The predicted molar refractivity (Wildman–Crippen MR) is 74.4 cm³/mol. The Morgan fingerprint density at radius 3 is 2.37 bits per heavy atom. The van der Waals surface area contributed by atoms with Gasteiger partial charge in [0.2, 0.25) is 0 Å². The molecule has 0 amide bonds. The first-order valence-corrected chi connectivity index (χ1v) is 6.87. The Morgan fingerprint density at radius 2 is 1.74 bits per heavy atom. The van der Waals surface area contributed by atoms with Crippen molar-refractivity contribution < 1.29 is 0 Å². The van der Waals surface area contributed by atoms with Crippen molar-refractivity contribution in [1.29, 1.82) is 0 Å². The largest absolute Gasteiger partial charge is 0.339 e. The van der Waals surface area contributed by atoms with Gasteiger partial charge in [-0.25, -0.2) is 9.78 Å². The topological polar surface area (TPSA) is 72.7 Å². The number of nitrogens with zero attached hydrogens (tertiary/aromatic N) is 3. The first kappa shape index (κ1) is 13.6. The normalized spacial score (nSPS) is 11.3. The summed E-state index contributed by atoms with van der Waals surface area (Å²) in [6.07, 6.45) is 5.13. The van der Waals surface area contributed by atoms with E-state index >= 15 is 0 Å². The predicted octanol–water partition coefficient (Wildman–Crippen LogP) is 1.49. The van der Waals surface area contributed by atoms with E-state index < -0.39 is 0 Å². The summed E-state index contributed by atoms with van der Waals surface area (Å²) in [6, 6.07) is 0. The number of H-pyrrole nitrogens is 1. The van der Waals surface area contributed by atoms with Gasteiger partial charge in [0.05, 0.1) is 6.33 Å². The van der Waals surface area contributed by atoms with Crippen molar-refractivity contribution in [3.8, 4) is 0 Å². The highest BCUT2D eigenvalue weighted by atomic mass is 16.2. The van der Waals surface area contributed by atoms with Gasteiger partial charge in [0, 0.05) is 13.1 Å². The molecular formula is C13H20N4O2. The molecule has 6 nitrogen and oxygen atoms in total. The Balaban J connectivity index is 2.61. The lowest BCUT2D eigenvalue weighted by Gasteiger charge is -2.10. The van der Waals surface area contributed by atoms with Crippen molar-refractivity contribution in [3.63, 3.8) is 0 Å². The van der Waals surface area contributed by atoms with Crippen LogP contribution >= 0.6 is 0 Å². The summed E-state index contributed by atoms with van der Waals surface area (Å²) in [5.41, 5.74) is 0.383. The number of imidazole rings is 1. The van der Waals surface area contributed by atoms with E-state index in [0.717, 1.165) is 25.7 Å². The van der Waals surface area contributed by atoms with Crippen molar-refractivity contribution in [2.45, 2.75) is 52.6 Å². The molecule has 2 rings (SSSR count). The van der Waals surface area contributed by atoms with Gasteiger partial charge in [-0.15, -0.1) is 0 Å². The van der Waals surface area contributed by atoms with Crippen LogP contribution in [0, 0.1) is 0 Å². The van der Waals surface area contributed by atoms with Gasteiger partial charge in [-0.05, 0) is 12.8 Å². The smallest absolute Gasteiger partial charge is 0.332 e. The van der Waals surface area contributed by atoms with Gasteiger partial charge in [-0.1, -0.05) is 26.7 Å². The van der Waals surface area contributed by atoms with Gasteiger partial charge >= 0.3 is 5.69 Å². The van der Waals surface area contributed by atoms with Crippen molar-refractivity contribution in [2.24, 2.45) is 0 Å². The van der Waals surface area contributed by atoms with E-state index in [-0.39, 0.29) is 11.2 Å². The van der Waals surface area contributed by atoms with Crippen LogP contribution in [0.15, 0.2) is 15.9 Å². The van der Waals surface area contributed by atoms with E-state index in [9.17, 15) is 9.59 Å². The molecule has 0 radical (unpaired) electrons. The Labute approximate surface area is 111 Å². The van der Waals surface area contributed by atoms with Crippen LogP contribution in [0.3, 0.4) is 0 Å². The fourth-order valence-corrected chi connectivity index (χ4v) is 2.14. The van der Waals surface area contributed by atoms with Gasteiger partial charge in [0.25, 0.3) is 5.56 Å². The van der Waals surface area contributed by atoms with Crippen molar-refractivity contribution in [3.05, 3.63) is 27.2 Å². The molecule has 0 aliphatic carbocycles. The van der Waals surface area contributed by atoms with Crippen LogP contribution in [0.5, 0.6) is 0 Å². The SMILES string of the molecule is CCCCn1c(=O)c2[nH]cnc2n(CCCC)c1=O. The Morgan fingerprint density at radius 1 is 1.11 bits per heavy atom. The third-order valence-corrected chi connectivity index (χ3v) is 3.27. The van der Waals surface area contributed by atoms with E-state index in [2.05, 4.69) is 16.9 Å². The molecule has 0 atom stereocenters. The molecular weight excluding hydrogens is 244 g/mol. The lowest BCUT2D eigenvalue weighted by molar-refractivity contribution is 0.530. The van der Waals surface area contributed by atoms with Crippen LogP contribution in [0.25, 0.3) is 11.2 Å². The highest BCUT2D eigenvalue weighted by Crippen LogP contribution is 2.03. The van der Waals surface area contributed by atoms with Crippen LogP contribution in [0.2, 0.25) is 0 Å². The number of fused-ring (bicyclic) bond motifs is 1. The summed E-state index contributed by atoms with van der Waals surface area (Å²) < 4.78 is 2.92. The quantitative estimate of drug-likeness (QED) is 0.859. The fourth-order valence-electron chi connectivity index (χ4n) is 2.14. The first-order valence-electron chi connectivity index (χ1n) is 6.87. The van der Waals surface area contributed by atoms with Crippen molar-refractivity contribution >= 4 is 11.2 Å². The number of aromatic amines is 1. The summed E-state index contributed by atoms with van der Waals surface area (Å²) in [5, 5.41) is 0. The lowest BCUT2D eigenvalue weighted by atomic mass is 10.3. The summed E-state index contributed by atoms with van der Waals surface area (Å²) in [5.74, 6) is 0. The van der Waals surface area contributed by atoms with E-state index in [1.165, 1.54) is 10.9 Å². The van der Waals surface area contributed by atoms with Crippen LogP contribution in [0.1, 0.15) is 39.5 Å². The minimum absolute atomic E-state index is 0.244. The summed E-state index contributed by atoms with van der Waals surface area (Å²) >= 11 is 0. The number of hydrogen-bond acceptors (Lipinski definition) is 3. The second-order valence-electron chi connectivity index (χ2n) is 4.70. The molecule has 6 heteroatoms. The molecule has 19 heavy (non-hydrogen) atoms. The molecule has 2 aromatic heterocycles. The van der Waals surface area contributed by atoms with Crippen LogP contribution in [-0.4, -0.2) is 19.1 Å². The maximum Gasteiger partial charge on any atom is 0.332 e. The van der Waals surface area contributed by atoms with Gasteiger partial charge in [-0.3, -0.25) is 13.9 Å². The monoisotopic (exact) mass is 264 g/mol. The van der Waals surface area contributed by atoms with Crippen LogP contribution in [0.4, 0.5) is 0 Å². The molecule has 104 valence electrons. The van der Waals surface area contributed by atoms with E-state index in [1.54, 1.807) is 4.57 Å². The zero-order valence-electron chi connectivity index (χ0n) is 11.5. The second kappa shape index (κ2) is 5.86. The highest BCUT2D eigenvalue weighted by Gasteiger charge is 2.14. The molecule has 0 fully saturated rings. The molecule has 0 aromatic carbocycles. The van der Waals surface area contributed by atoms with Gasteiger partial charge < -0.3 is 4.98 Å². The highest BCUT2D eigenvalue weighted by molar-refractivity contribution is 5.68. The van der Waals surface area contributed by atoms with E-state index in [0.29, 0.717) is 24.3 Å². The van der Waals surface area contributed by atoms with Crippen LogP contribution < -0.4 is 11.2 Å². The summed E-state index contributed by atoms with van der Waals surface area (Å²) in [7, 11) is 0. The fraction of sp³-hybridized carbons (Fsp3) is 0.615. The third-order valence-electron chi connectivity index (χ3n) is 3.27. The Kier molecular flexibility index (Phi) is 4.19. The Hall–Kier alpha value is -1.85. The maximum absolute atomic E-state index is 12.4. The molecule has 0 aliphatic heterocycles. The molecule has 0 unspecified atom stereocenters. The minimum atomic E-state index is -0.265. The van der Waals surface area contributed by atoms with E-state index in [1.807, 2.05) is 6.92 Å². The van der Waals surface area contributed by atoms with E-state index in [4.69, 9.17) is 0 Å². The van der Waals surface area contributed by atoms with Gasteiger partial charge in [-0.2, -0.15) is 0 Å². The molecule has 0 bridgehead atoms. The average Bonchev–Trinajstić information content (AvgIpc) is 2.88. The standard InChI is InChI=1S/C13H20N4O2/c1-3-5-7-16-11-10(14-9-15-11)12(18)17(13(16)19)8-6-4-2/h9H,3-8H2,1-2H3,(H,14,15).